The zero-order valence-corrected chi connectivity index (χ0v) is 17.4. The summed E-state index contributed by atoms with van der Waals surface area (Å²) in [7, 11) is 0. The Kier molecular flexibility index (Phi) is 5.07. The molecule has 4 heterocycles. The van der Waals surface area contributed by atoms with Gasteiger partial charge in [-0.1, -0.05) is 22.9 Å². The smallest absolute Gasteiger partial charge is 0.258 e. The topological polar surface area (TPSA) is 93.6 Å². The van der Waals surface area contributed by atoms with E-state index in [9.17, 15) is 4.79 Å². The molecule has 4 aromatic heterocycles. The molecule has 0 aliphatic heterocycles. The number of hydrogen-bond donors (Lipinski definition) is 1. The minimum atomic E-state index is -0.322. The van der Waals surface area contributed by atoms with Gasteiger partial charge < -0.3 is 0 Å². The first-order valence-corrected chi connectivity index (χ1v) is 10.4. The largest absolute Gasteiger partial charge is 0.296 e. The van der Waals surface area contributed by atoms with Crippen LogP contribution in [0.25, 0.3) is 32.7 Å². The van der Waals surface area contributed by atoms with Gasteiger partial charge in [0, 0.05) is 46.3 Å². The van der Waals surface area contributed by atoms with E-state index in [2.05, 4.69) is 30.5 Å². The van der Waals surface area contributed by atoms with Gasteiger partial charge in [-0.05, 0) is 48.5 Å². The summed E-state index contributed by atoms with van der Waals surface area (Å²) in [5.41, 5.74) is 3.43. The van der Waals surface area contributed by atoms with Crippen molar-refractivity contribution in [2.45, 2.75) is 0 Å². The van der Waals surface area contributed by atoms with Gasteiger partial charge in [0.15, 0.2) is 0 Å². The molecule has 31 heavy (non-hydrogen) atoms. The Morgan fingerprint density at radius 2 is 1.81 bits per heavy atom. The molecule has 0 aliphatic rings. The van der Waals surface area contributed by atoms with Crippen LogP contribution < -0.4 is 5.32 Å². The highest BCUT2D eigenvalue weighted by Crippen LogP contribution is 2.29. The second-order valence-electron chi connectivity index (χ2n) is 6.56. The van der Waals surface area contributed by atoms with Crippen molar-refractivity contribution < 1.29 is 4.79 Å². The van der Waals surface area contributed by atoms with Gasteiger partial charge in [-0.3, -0.25) is 20.1 Å². The van der Waals surface area contributed by atoms with Crippen molar-refractivity contribution in [2.24, 2.45) is 0 Å². The van der Waals surface area contributed by atoms with Crippen molar-refractivity contribution in [1.29, 1.82) is 0 Å². The fourth-order valence-electron chi connectivity index (χ4n) is 3.10. The number of rotatable bonds is 4. The Labute approximate surface area is 185 Å². The third-order valence-corrected chi connectivity index (χ3v) is 5.67. The molecule has 0 aliphatic carbocycles. The molecular weight excluding hydrogens is 432 g/mol. The predicted molar refractivity (Wildman–Crippen MR) is 121 cm³/mol. The molecule has 0 fully saturated rings. The molecule has 150 valence electrons. The van der Waals surface area contributed by atoms with E-state index in [0.29, 0.717) is 37.3 Å². The van der Waals surface area contributed by atoms with Gasteiger partial charge in [0.2, 0.25) is 5.13 Å². The third-order valence-electron chi connectivity index (χ3n) is 4.55. The first-order valence-electron chi connectivity index (χ1n) is 9.23. The second kappa shape index (κ2) is 8.17. The van der Waals surface area contributed by atoms with Crippen LogP contribution in [-0.2, 0) is 0 Å². The molecule has 1 amide bonds. The summed E-state index contributed by atoms with van der Waals surface area (Å²) in [4.78, 5) is 26.0. The number of anilines is 1. The highest BCUT2D eigenvalue weighted by Gasteiger charge is 2.17. The highest BCUT2D eigenvalue weighted by atomic mass is 35.5. The molecule has 5 aromatic rings. The normalized spacial score (nSPS) is 10.9. The summed E-state index contributed by atoms with van der Waals surface area (Å²) in [5.74, 6) is -0.322. The van der Waals surface area contributed by atoms with Gasteiger partial charge in [-0.25, -0.2) is 4.98 Å². The van der Waals surface area contributed by atoms with Gasteiger partial charge in [-0.15, -0.1) is 10.2 Å². The van der Waals surface area contributed by atoms with E-state index in [1.54, 1.807) is 49.1 Å². The van der Waals surface area contributed by atoms with Gasteiger partial charge >= 0.3 is 0 Å². The van der Waals surface area contributed by atoms with E-state index in [0.717, 1.165) is 11.1 Å². The van der Waals surface area contributed by atoms with Crippen molar-refractivity contribution >= 4 is 44.9 Å². The molecule has 0 spiro atoms. The number of pyridine rings is 3. The lowest BCUT2D eigenvalue weighted by molar-refractivity contribution is 0.102. The van der Waals surface area contributed by atoms with E-state index in [1.807, 2.05) is 24.3 Å². The number of nitrogens with one attached hydrogen (secondary N) is 1. The SMILES string of the molecule is O=C(Nc1nnc(-c2ccncc2)s1)c1cc(-c2cccnc2)nc2ccc(Cl)cc12. The van der Waals surface area contributed by atoms with E-state index >= 15 is 0 Å². The van der Waals surface area contributed by atoms with Gasteiger partial charge in [-0.2, -0.15) is 0 Å². The van der Waals surface area contributed by atoms with Crippen LogP contribution in [0.3, 0.4) is 0 Å². The Hall–Kier alpha value is -3.75. The van der Waals surface area contributed by atoms with Crippen molar-refractivity contribution in [3.05, 3.63) is 83.9 Å². The predicted octanol–water partition coefficient (Wildman–Crippen LogP) is 5.12. The van der Waals surface area contributed by atoms with Crippen LogP contribution in [0.2, 0.25) is 5.02 Å². The number of aromatic nitrogens is 5. The molecule has 7 nitrogen and oxygen atoms in total. The number of benzene rings is 1. The number of amides is 1. The maximum Gasteiger partial charge on any atom is 0.258 e. The van der Waals surface area contributed by atoms with Crippen molar-refractivity contribution in [2.75, 3.05) is 5.32 Å². The van der Waals surface area contributed by atoms with Crippen molar-refractivity contribution in [1.82, 2.24) is 25.1 Å². The summed E-state index contributed by atoms with van der Waals surface area (Å²) >= 11 is 7.47. The number of fused-ring (bicyclic) bond motifs is 1. The summed E-state index contributed by atoms with van der Waals surface area (Å²) in [6.07, 6.45) is 6.76. The van der Waals surface area contributed by atoms with Crippen LogP contribution in [0.4, 0.5) is 5.13 Å². The standard InChI is InChI=1S/C22H13ClN6OS/c23-15-3-4-18-16(10-15)17(11-19(26-18)14-2-1-7-25-12-14)20(30)27-22-29-28-21(31-22)13-5-8-24-9-6-13/h1-12H,(H,27,29,30). The molecular formula is C22H13ClN6OS. The van der Waals surface area contributed by atoms with Crippen molar-refractivity contribution in [3.8, 4) is 21.8 Å². The lowest BCUT2D eigenvalue weighted by atomic mass is 10.0. The molecule has 0 radical (unpaired) electrons. The molecule has 1 aromatic carbocycles. The second-order valence-corrected chi connectivity index (χ2v) is 7.97. The Morgan fingerprint density at radius 3 is 2.61 bits per heavy atom. The number of carbonyl (C=O) groups excluding carboxylic acids is 1. The average molecular weight is 445 g/mol. The Balaban J connectivity index is 1.53. The minimum absolute atomic E-state index is 0.322. The fourth-order valence-corrected chi connectivity index (χ4v) is 4.01. The fraction of sp³-hybridized carbons (Fsp3) is 0. The van der Waals surface area contributed by atoms with E-state index in [-0.39, 0.29) is 5.91 Å². The van der Waals surface area contributed by atoms with Gasteiger partial charge in [0.1, 0.15) is 5.01 Å². The van der Waals surface area contributed by atoms with Gasteiger partial charge in [0.05, 0.1) is 16.8 Å². The third kappa shape index (κ3) is 3.98. The summed E-state index contributed by atoms with van der Waals surface area (Å²) < 4.78 is 0. The van der Waals surface area contributed by atoms with Crippen LogP contribution in [0, 0.1) is 0 Å². The first kappa shape index (κ1) is 19.2. The molecule has 0 bridgehead atoms. The molecule has 9 heteroatoms. The minimum Gasteiger partial charge on any atom is -0.296 e. The lowest BCUT2D eigenvalue weighted by Crippen LogP contribution is -2.13. The Bertz CT molecular complexity index is 1390. The molecule has 1 N–H and O–H groups in total. The van der Waals surface area contributed by atoms with E-state index in [1.165, 1.54) is 11.3 Å². The quantitative estimate of drug-likeness (QED) is 0.413. The van der Waals surface area contributed by atoms with Crippen LogP contribution in [0.15, 0.2) is 73.3 Å². The van der Waals surface area contributed by atoms with Crippen LogP contribution >= 0.6 is 22.9 Å². The molecule has 0 atom stereocenters. The Morgan fingerprint density at radius 1 is 0.935 bits per heavy atom. The number of carbonyl (C=O) groups is 1. The number of hydrogen-bond acceptors (Lipinski definition) is 7. The van der Waals surface area contributed by atoms with Crippen LogP contribution in [0.1, 0.15) is 10.4 Å². The lowest BCUT2D eigenvalue weighted by Gasteiger charge is -2.09. The highest BCUT2D eigenvalue weighted by molar-refractivity contribution is 7.18. The molecule has 0 saturated heterocycles. The zero-order chi connectivity index (χ0) is 21.2. The van der Waals surface area contributed by atoms with Crippen LogP contribution in [0.5, 0.6) is 0 Å². The zero-order valence-electron chi connectivity index (χ0n) is 15.9. The molecule has 0 saturated carbocycles. The monoisotopic (exact) mass is 444 g/mol. The number of halogens is 1. The molecule has 5 rings (SSSR count). The first-order chi connectivity index (χ1) is 15.2. The summed E-state index contributed by atoms with van der Waals surface area (Å²) in [5, 5.41) is 13.4. The average Bonchev–Trinajstić information content (AvgIpc) is 3.28. The summed E-state index contributed by atoms with van der Waals surface area (Å²) in [6, 6.07) is 14.4. The number of nitrogens with zero attached hydrogens (tertiary/aromatic N) is 5. The van der Waals surface area contributed by atoms with E-state index in [4.69, 9.17) is 11.6 Å². The summed E-state index contributed by atoms with van der Waals surface area (Å²) in [6.45, 7) is 0. The maximum absolute atomic E-state index is 13.2. The maximum atomic E-state index is 13.2. The van der Waals surface area contributed by atoms with E-state index < -0.39 is 0 Å². The van der Waals surface area contributed by atoms with Gasteiger partial charge in [0.25, 0.3) is 5.91 Å². The van der Waals surface area contributed by atoms with Crippen LogP contribution in [-0.4, -0.2) is 31.1 Å². The molecule has 0 unspecified atom stereocenters. The van der Waals surface area contributed by atoms with Crippen molar-refractivity contribution in [3.63, 3.8) is 0 Å².